The number of hydrogen-bond acceptors (Lipinski definition) is 1. The molecule has 1 aromatic carbocycles. The van der Waals surface area contributed by atoms with Crippen molar-refractivity contribution >= 4 is 68.5 Å². The molecule has 1 unspecified atom stereocenters. The quantitative estimate of drug-likeness (QED) is 0.587. The van der Waals surface area contributed by atoms with Crippen molar-refractivity contribution in [1.29, 1.82) is 0 Å². The second-order valence-corrected chi connectivity index (χ2v) is 2.93. The number of rotatable bonds is 2. The van der Waals surface area contributed by atoms with Crippen LogP contribution in [0.5, 0.6) is 0 Å². The van der Waals surface area contributed by atoms with Gasteiger partial charge in [-0.15, -0.1) is 0 Å². The molecule has 0 aliphatic heterocycles. The number of benzene rings is 1. The Morgan fingerprint density at radius 2 is 2.00 bits per heavy atom. The van der Waals surface area contributed by atoms with Crippen LogP contribution in [0.4, 0.5) is 0 Å². The van der Waals surface area contributed by atoms with Crippen molar-refractivity contribution in [3.63, 3.8) is 0 Å². The summed E-state index contributed by atoms with van der Waals surface area (Å²) >= 11 is -1.91. The molecule has 1 N–H and O–H groups in total. The third-order valence-electron chi connectivity index (χ3n) is 1.33. The fraction of sp³-hybridized carbons (Fsp3) is 0. The molecule has 0 saturated carbocycles. The second kappa shape index (κ2) is 6.20. The molecule has 0 heterocycles. The van der Waals surface area contributed by atoms with Gasteiger partial charge >= 0.3 is 51.4 Å². The molecule has 0 saturated heterocycles. The fourth-order valence-corrected chi connectivity index (χ4v) is 1.36. The van der Waals surface area contributed by atoms with Gasteiger partial charge < -0.3 is 4.55 Å². The van der Waals surface area contributed by atoms with Crippen molar-refractivity contribution < 1.29 is 8.76 Å². The van der Waals surface area contributed by atoms with Gasteiger partial charge in [-0.1, -0.05) is 30.9 Å². The van der Waals surface area contributed by atoms with E-state index >= 15 is 0 Å². The Bertz CT molecular complexity index is 299. The van der Waals surface area contributed by atoms with Gasteiger partial charge in [0.05, 0.1) is 4.90 Å². The van der Waals surface area contributed by atoms with Gasteiger partial charge in [-0.2, -0.15) is 0 Å². The van der Waals surface area contributed by atoms with E-state index in [0.717, 1.165) is 0 Å². The van der Waals surface area contributed by atoms with E-state index in [1.807, 2.05) is 0 Å². The molecule has 0 amide bonds. The van der Waals surface area contributed by atoms with Crippen LogP contribution in [-0.2, 0) is 11.1 Å². The first-order chi connectivity index (χ1) is 5.25. The minimum atomic E-state index is -1.91. The van der Waals surface area contributed by atoms with Crippen LogP contribution in [-0.4, -0.2) is 60.1 Å². The first kappa shape index (κ1) is 12.7. The van der Waals surface area contributed by atoms with Gasteiger partial charge in [0.15, 0.2) is 11.1 Å². The van der Waals surface area contributed by atoms with Crippen LogP contribution in [0, 0.1) is 0 Å². The molecule has 0 radical (unpaired) electrons. The standard InChI is InChI=1S/C8H8O2S.K.H/c1-2-7-5-3-4-6-8(7)11(9)10;;/h2-6H,1H2,(H,9,10);;. The average molecular weight is 208 g/mol. The van der Waals surface area contributed by atoms with Crippen LogP contribution in [0.3, 0.4) is 0 Å². The maximum atomic E-state index is 10.6. The predicted octanol–water partition coefficient (Wildman–Crippen LogP) is 1.26. The molecule has 0 spiro atoms. The Balaban J connectivity index is 0.00000121. The zero-order valence-corrected chi connectivity index (χ0v) is 6.67. The summed E-state index contributed by atoms with van der Waals surface area (Å²) in [6.07, 6.45) is 1.56. The topological polar surface area (TPSA) is 37.3 Å². The third-order valence-corrected chi connectivity index (χ3v) is 2.08. The monoisotopic (exact) mass is 208 g/mol. The van der Waals surface area contributed by atoms with E-state index in [1.165, 1.54) is 0 Å². The summed E-state index contributed by atoms with van der Waals surface area (Å²) in [6.45, 7) is 3.53. The number of hydrogen-bond donors (Lipinski definition) is 1. The Kier molecular flexibility index (Phi) is 6.57. The zero-order chi connectivity index (χ0) is 8.27. The third kappa shape index (κ3) is 3.22. The molecule has 1 rings (SSSR count). The molecule has 2 nitrogen and oxygen atoms in total. The fourth-order valence-electron chi connectivity index (χ4n) is 0.808. The van der Waals surface area contributed by atoms with E-state index in [4.69, 9.17) is 4.55 Å². The Hall–Kier alpha value is 0.706. The van der Waals surface area contributed by atoms with Crippen molar-refractivity contribution in [2.45, 2.75) is 4.90 Å². The summed E-state index contributed by atoms with van der Waals surface area (Å²) in [5, 5.41) is 0. The van der Waals surface area contributed by atoms with Crippen LogP contribution in [0.25, 0.3) is 6.08 Å². The molecular weight excluding hydrogens is 199 g/mol. The van der Waals surface area contributed by atoms with E-state index in [-0.39, 0.29) is 51.4 Å². The van der Waals surface area contributed by atoms with E-state index in [9.17, 15) is 4.21 Å². The molecular formula is C8H9KO2S. The normalized spacial score (nSPS) is 11.4. The van der Waals surface area contributed by atoms with E-state index in [2.05, 4.69) is 6.58 Å². The Morgan fingerprint density at radius 1 is 1.42 bits per heavy atom. The minimum absolute atomic E-state index is 0. The predicted molar refractivity (Wildman–Crippen MR) is 52.7 cm³/mol. The molecule has 4 heteroatoms. The molecule has 0 aliphatic rings. The van der Waals surface area contributed by atoms with Gasteiger partial charge in [0.25, 0.3) is 0 Å². The second-order valence-electron chi connectivity index (χ2n) is 1.99. The van der Waals surface area contributed by atoms with Gasteiger partial charge in [0.1, 0.15) is 0 Å². The van der Waals surface area contributed by atoms with Gasteiger partial charge in [-0.05, 0) is 11.6 Å². The summed E-state index contributed by atoms with van der Waals surface area (Å²) in [4.78, 5) is 0.405. The van der Waals surface area contributed by atoms with E-state index in [0.29, 0.717) is 10.5 Å². The van der Waals surface area contributed by atoms with Gasteiger partial charge in [-0.3, -0.25) is 0 Å². The Morgan fingerprint density at radius 3 is 2.42 bits per heavy atom. The van der Waals surface area contributed by atoms with Crippen molar-refractivity contribution in [3.8, 4) is 0 Å². The summed E-state index contributed by atoms with van der Waals surface area (Å²) in [5.74, 6) is 0. The summed E-state index contributed by atoms with van der Waals surface area (Å²) in [7, 11) is 0. The van der Waals surface area contributed by atoms with Crippen LogP contribution in [0.15, 0.2) is 35.7 Å². The first-order valence-corrected chi connectivity index (χ1v) is 4.18. The summed E-state index contributed by atoms with van der Waals surface area (Å²) in [6, 6.07) is 6.87. The van der Waals surface area contributed by atoms with E-state index < -0.39 is 11.1 Å². The zero-order valence-electron chi connectivity index (χ0n) is 5.86. The Labute approximate surface area is 117 Å². The molecule has 1 aromatic rings. The van der Waals surface area contributed by atoms with Crippen molar-refractivity contribution in [3.05, 3.63) is 36.4 Å². The molecule has 0 aromatic heterocycles. The average Bonchev–Trinajstić information content (AvgIpc) is 2.04. The molecule has 0 bridgehead atoms. The molecule has 60 valence electrons. The van der Waals surface area contributed by atoms with Gasteiger partial charge in [0, 0.05) is 0 Å². The summed E-state index contributed by atoms with van der Waals surface area (Å²) < 4.78 is 19.4. The summed E-state index contributed by atoms with van der Waals surface area (Å²) in [5.41, 5.74) is 0.702. The SMILES string of the molecule is C=Cc1ccccc1S(=O)O.[KH]. The van der Waals surface area contributed by atoms with Gasteiger partial charge in [0.2, 0.25) is 0 Å². The van der Waals surface area contributed by atoms with Crippen LogP contribution >= 0.6 is 0 Å². The van der Waals surface area contributed by atoms with E-state index in [1.54, 1.807) is 30.3 Å². The van der Waals surface area contributed by atoms with Gasteiger partial charge in [-0.25, -0.2) is 4.21 Å². The van der Waals surface area contributed by atoms with Crippen LogP contribution in [0.2, 0.25) is 0 Å². The molecule has 1 atom stereocenters. The van der Waals surface area contributed by atoms with Crippen LogP contribution in [0.1, 0.15) is 5.56 Å². The van der Waals surface area contributed by atoms with Crippen LogP contribution < -0.4 is 0 Å². The maximum absolute atomic E-state index is 10.6. The molecule has 0 fully saturated rings. The van der Waals surface area contributed by atoms with Crippen molar-refractivity contribution in [2.24, 2.45) is 0 Å². The molecule has 12 heavy (non-hydrogen) atoms. The van der Waals surface area contributed by atoms with Crippen molar-refractivity contribution in [2.75, 3.05) is 0 Å². The molecule has 0 aliphatic carbocycles. The van der Waals surface area contributed by atoms with Crippen molar-refractivity contribution in [1.82, 2.24) is 0 Å². The first-order valence-electron chi connectivity index (χ1n) is 3.08.